The van der Waals surface area contributed by atoms with Crippen LogP contribution in [0.4, 0.5) is 0 Å². The topological polar surface area (TPSA) is 60.4 Å². The monoisotopic (exact) mass is 278 g/mol. The fourth-order valence-corrected chi connectivity index (χ4v) is 3.36. The van der Waals surface area contributed by atoms with Gasteiger partial charge < -0.3 is 4.74 Å². The van der Waals surface area contributed by atoms with Crippen LogP contribution in [0.3, 0.4) is 0 Å². The van der Waals surface area contributed by atoms with Crippen molar-refractivity contribution in [1.82, 2.24) is 0 Å². The Hall–Kier alpha value is -1.88. The molecule has 0 heterocycles. The second kappa shape index (κ2) is 5.40. The maximum atomic E-state index is 12.3. The molecule has 0 saturated carbocycles. The highest BCUT2D eigenvalue weighted by Gasteiger charge is 2.18. The van der Waals surface area contributed by atoms with Crippen LogP contribution >= 0.6 is 0 Å². The molecule has 2 aromatic rings. The van der Waals surface area contributed by atoms with Crippen molar-refractivity contribution in [1.29, 1.82) is 0 Å². The number of carbonyl (C=O) groups is 1. The quantitative estimate of drug-likeness (QED) is 0.804. The van der Waals surface area contributed by atoms with E-state index in [1.807, 2.05) is 18.2 Å². The molecule has 0 amide bonds. The molecular formula is C14H14O4S. The number of hydrogen-bond acceptors (Lipinski definition) is 4. The highest BCUT2D eigenvalue weighted by molar-refractivity contribution is 7.91. The van der Waals surface area contributed by atoms with Crippen LogP contribution in [-0.4, -0.2) is 27.2 Å². The zero-order valence-electron chi connectivity index (χ0n) is 10.5. The van der Waals surface area contributed by atoms with Gasteiger partial charge in [0.05, 0.1) is 24.2 Å². The second-order valence-corrected chi connectivity index (χ2v) is 6.20. The van der Waals surface area contributed by atoms with Crippen molar-refractivity contribution in [3.05, 3.63) is 42.5 Å². The summed E-state index contributed by atoms with van der Waals surface area (Å²) in [6.45, 7) is 0. The van der Waals surface area contributed by atoms with Crippen molar-refractivity contribution in [2.24, 2.45) is 0 Å². The summed E-state index contributed by atoms with van der Waals surface area (Å²) in [6.07, 6.45) is -0.137. The number of ether oxygens (including phenoxy) is 1. The molecule has 0 aliphatic heterocycles. The summed E-state index contributed by atoms with van der Waals surface area (Å²) in [4.78, 5) is 11.3. The summed E-state index contributed by atoms with van der Waals surface area (Å²) in [7, 11) is -2.25. The lowest BCUT2D eigenvalue weighted by molar-refractivity contribution is -0.140. The van der Waals surface area contributed by atoms with Crippen LogP contribution < -0.4 is 0 Å². The lowest BCUT2D eigenvalue weighted by Gasteiger charge is -2.07. The Morgan fingerprint density at radius 2 is 1.79 bits per heavy atom. The van der Waals surface area contributed by atoms with Crippen molar-refractivity contribution in [2.45, 2.75) is 11.3 Å². The van der Waals surface area contributed by atoms with E-state index in [4.69, 9.17) is 0 Å². The van der Waals surface area contributed by atoms with Gasteiger partial charge in [0.25, 0.3) is 0 Å². The molecule has 100 valence electrons. The van der Waals surface area contributed by atoms with Gasteiger partial charge in [-0.05, 0) is 11.5 Å². The van der Waals surface area contributed by atoms with Gasteiger partial charge in [-0.25, -0.2) is 8.42 Å². The first kappa shape index (κ1) is 13.5. The summed E-state index contributed by atoms with van der Waals surface area (Å²) in [6, 6.07) is 12.4. The minimum atomic E-state index is -3.49. The first-order valence-corrected chi connectivity index (χ1v) is 7.47. The third kappa shape index (κ3) is 2.93. The minimum Gasteiger partial charge on any atom is -0.469 e. The average molecular weight is 278 g/mol. The maximum absolute atomic E-state index is 12.3. The van der Waals surface area contributed by atoms with E-state index in [0.717, 1.165) is 5.39 Å². The summed E-state index contributed by atoms with van der Waals surface area (Å²) < 4.78 is 29.0. The zero-order valence-corrected chi connectivity index (χ0v) is 11.3. The molecule has 4 nitrogen and oxygen atoms in total. The van der Waals surface area contributed by atoms with Crippen LogP contribution in [0.2, 0.25) is 0 Å². The van der Waals surface area contributed by atoms with E-state index in [2.05, 4.69) is 4.74 Å². The predicted molar refractivity (Wildman–Crippen MR) is 72.6 cm³/mol. The number of rotatable bonds is 4. The van der Waals surface area contributed by atoms with Gasteiger partial charge in [0.1, 0.15) is 0 Å². The van der Waals surface area contributed by atoms with Crippen LogP contribution in [0.5, 0.6) is 0 Å². The molecule has 0 spiro atoms. The number of sulfone groups is 1. The Morgan fingerprint density at radius 1 is 1.11 bits per heavy atom. The van der Waals surface area contributed by atoms with E-state index in [1.54, 1.807) is 24.3 Å². The van der Waals surface area contributed by atoms with Gasteiger partial charge in [-0.2, -0.15) is 0 Å². The number of carbonyl (C=O) groups excluding carboxylic acids is 1. The van der Waals surface area contributed by atoms with Crippen molar-refractivity contribution in [3.63, 3.8) is 0 Å². The molecule has 0 aliphatic rings. The van der Waals surface area contributed by atoms with Gasteiger partial charge in [-0.1, -0.05) is 36.4 Å². The van der Waals surface area contributed by atoms with Crippen LogP contribution in [0, 0.1) is 0 Å². The Balaban J connectivity index is 2.41. The Bertz CT molecular complexity index is 699. The molecule has 0 saturated heterocycles. The molecule has 0 radical (unpaired) electrons. The van der Waals surface area contributed by atoms with Gasteiger partial charge in [-0.3, -0.25) is 4.79 Å². The Morgan fingerprint density at radius 3 is 2.53 bits per heavy atom. The van der Waals surface area contributed by atoms with Crippen molar-refractivity contribution < 1.29 is 17.9 Å². The van der Waals surface area contributed by atoms with Crippen molar-refractivity contribution in [2.75, 3.05) is 12.9 Å². The molecule has 0 N–H and O–H groups in total. The van der Waals surface area contributed by atoms with Crippen LogP contribution in [0.25, 0.3) is 10.8 Å². The van der Waals surface area contributed by atoms with Gasteiger partial charge in [0.15, 0.2) is 9.84 Å². The number of esters is 1. The molecule has 0 unspecified atom stereocenters. The molecule has 5 heteroatoms. The molecule has 19 heavy (non-hydrogen) atoms. The number of hydrogen-bond donors (Lipinski definition) is 0. The van der Waals surface area contributed by atoms with Gasteiger partial charge >= 0.3 is 5.97 Å². The van der Waals surface area contributed by atoms with Gasteiger partial charge in [0.2, 0.25) is 0 Å². The number of fused-ring (bicyclic) bond motifs is 1. The van der Waals surface area contributed by atoms with E-state index in [9.17, 15) is 13.2 Å². The molecule has 2 rings (SSSR count). The first-order chi connectivity index (χ1) is 9.04. The Labute approximate surface area is 111 Å². The number of methoxy groups -OCH3 is 1. The van der Waals surface area contributed by atoms with Crippen LogP contribution in [0.1, 0.15) is 6.42 Å². The van der Waals surface area contributed by atoms with E-state index < -0.39 is 15.8 Å². The van der Waals surface area contributed by atoms with Crippen LogP contribution in [0.15, 0.2) is 47.4 Å². The largest absolute Gasteiger partial charge is 0.469 e. The Kier molecular flexibility index (Phi) is 3.85. The third-order valence-corrected chi connectivity index (χ3v) is 4.65. The third-order valence-electron chi connectivity index (χ3n) is 2.89. The van der Waals surface area contributed by atoms with E-state index in [1.165, 1.54) is 7.11 Å². The summed E-state index contributed by atoms with van der Waals surface area (Å²) >= 11 is 0. The zero-order chi connectivity index (χ0) is 13.9. The van der Waals surface area contributed by atoms with E-state index >= 15 is 0 Å². The maximum Gasteiger partial charge on any atom is 0.306 e. The molecule has 0 aromatic heterocycles. The van der Waals surface area contributed by atoms with Crippen molar-refractivity contribution >= 4 is 26.6 Å². The van der Waals surface area contributed by atoms with Gasteiger partial charge in [0, 0.05) is 5.39 Å². The predicted octanol–water partition coefficient (Wildman–Crippen LogP) is 2.18. The molecule has 0 atom stereocenters. The normalized spacial score (nSPS) is 11.4. The fraction of sp³-hybridized carbons (Fsp3) is 0.214. The molecule has 0 fully saturated rings. The SMILES string of the molecule is COC(=O)CCS(=O)(=O)c1cccc2ccccc12. The van der Waals surface area contributed by atoms with E-state index in [-0.39, 0.29) is 17.1 Å². The number of benzene rings is 2. The fourth-order valence-electron chi connectivity index (χ4n) is 1.90. The smallest absolute Gasteiger partial charge is 0.306 e. The molecule has 0 aliphatic carbocycles. The lowest BCUT2D eigenvalue weighted by Crippen LogP contribution is -2.12. The van der Waals surface area contributed by atoms with Gasteiger partial charge in [-0.15, -0.1) is 0 Å². The molecule has 2 aromatic carbocycles. The minimum absolute atomic E-state index is 0.137. The summed E-state index contributed by atoms with van der Waals surface area (Å²) in [5.74, 6) is -0.767. The van der Waals surface area contributed by atoms with Crippen LogP contribution in [-0.2, 0) is 19.4 Å². The highest BCUT2D eigenvalue weighted by Crippen LogP contribution is 2.24. The summed E-state index contributed by atoms with van der Waals surface area (Å²) in [5.41, 5.74) is 0. The molecule has 0 bridgehead atoms. The highest BCUT2D eigenvalue weighted by atomic mass is 32.2. The van der Waals surface area contributed by atoms with E-state index in [0.29, 0.717) is 5.39 Å². The summed E-state index contributed by atoms with van der Waals surface area (Å²) in [5, 5.41) is 1.54. The second-order valence-electron chi connectivity index (χ2n) is 4.12. The average Bonchev–Trinajstić information content (AvgIpc) is 2.44. The standard InChI is InChI=1S/C14H14O4S/c1-18-14(15)9-10-19(16,17)13-8-4-6-11-5-2-3-7-12(11)13/h2-8H,9-10H2,1H3. The lowest BCUT2D eigenvalue weighted by atomic mass is 10.1. The van der Waals surface area contributed by atoms with Crippen molar-refractivity contribution in [3.8, 4) is 0 Å². The molecular weight excluding hydrogens is 264 g/mol. The first-order valence-electron chi connectivity index (χ1n) is 5.82.